The Morgan fingerprint density at radius 3 is 2.46 bits per heavy atom. The third kappa shape index (κ3) is 4.70. The fourth-order valence-corrected chi connectivity index (χ4v) is 3.49. The van der Waals surface area contributed by atoms with Crippen LogP contribution in [0.25, 0.3) is 0 Å². The molecule has 134 valence electrons. The lowest BCUT2D eigenvalue weighted by molar-refractivity contribution is 0.176. The Bertz CT molecular complexity index is 658. The second-order valence-electron chi connectivity index (χ2n) is 6.30. The molecule has 1 fully saturated rings. The van der Waals surface area contributed by atoms with E-state index in [0.29, 0.717) is 18.0 Å². The minimum absolute atomic E-state index is 0.0613. The average Bonchev–Trinajstić information content (AvgIpc) is 2.88. The van der Waals surface area contributed by atoms with Gasteiger partial charge in [0.25, 0.3) is 0 Å². The number of nitrogens with zero attached hydrogens (tertiary/aromatic N) is 2. The van der Waals surface area contributed by atoms with E-state index < -0.39 is 9.84 Å². The van der Waals surface area contributed by atoms with E-state index in [9.17, 15) is 13.2 Å². The quantitative estimate of drug-likeness (QED) is 0.723. The van der Waals surface area contributed by atoms with E-state index in [1.807, 2.05) is 9.80 Å². The minimum atomic E-state index is -3.18. The molecule has 2 rings (SSSR count). The van der Waals surface area contributed by atoms with Crippen LogP contribution < -0.4 is 5.32 Å². The predicted molar refractivity (Wildman–Crippen MR) is 94.7 cm³/mol. The van der Waals surface area contributed by atoms with Gasteiger partial charge >= 0.3 is 6.03 Å². The summed E-state index contributed by atoms with van der Waals surface area (Å²) in [6, 6.07) is 7.03. The molecule has 1 aromatic rings. The molecule has 1 aromatic carbocycles. The third-order valence-electron chi connectivity index (χ3n) is 4.37. The van der Waals surface area contributed by atoms with Crippen LogP contribution in [0, 0.1) is 0 Å². The van der Waals surface area contributed by atoms with Gasteiger partial charge in [0.2, 0.25) is 0 Å². The van der Waals surface area contributed by atoms with E-state index in [4.69, 9.17) is 0 Å². The van der Waals surface area contributed by atoms with Crippen molar-refractivity contribution in [1.82, 2.24) is 15.1 Å². The van der Waals surface area contributed by atoms with Gasteiger partial charge in [0, 0.05) is 31.9 Å². The zero-order valence-corrected chi connectivity index (χ0v) is 15.5. The number of hydrogen-bond donors (Lipinski definition) is 1. The molecule has 0 aliphatic carbocycles. The SMILES string of the molecule is CCNCCC(C)N1CCN(Cc2ccc(S(C)(=O)=O)cc2)C1=O. The molecule has 1 heterocycles. The summed E-state index contributed by atoms with van der Waals surface area (Å²) in [5.41, 5.74) is 0.943. The first kappa shape index (κ1) is 18.7. The number of carbonyl (C=O) groups is 1. The van der Waals surface area contributed by atoms with Gasteiger partial charge in [-0.05, 0) is 44.1 Å². The van der Waals surface area contributed by atoms with Crippen molar-refractivity contribution < 1.29 is 13.2 Å². The Kier molecular flexibility index (Phi) is 6.23. The summed E-state index contributed by atoms with van der Waals surface area (Å²) < 4.78 is 23.0. The van der Waals surface area contributed by atoms with Crippen LogP contribution >= 0.6 is 0 Å². The van der Waals surface area contributed by atoms with Crippen LogP contribution in [0.1, 0.15) is 25.8 Å². The molecule has 0 aromatic heterocycles. The molecule has 0 saturated carbocycles. The number of carbonyl (C=O) groups excluding carboxylic acids is 1. The maximum absolute atomic E-state index is 12.5. The average molecular weight is 353 g/mol. The van der Waals surface area contributed by atoms with Crippen LogP contribution in [-0.4, -0.2) is 62.7 Å². The molecule has 1 aliphatic heterocycles. The summed E-state index contributed by atoms with van der Waals surface area (Å²) in [7, 11) is -3.18. The molecule has 1 saturated heterocycles. The Morgan fingerprint density at radius 1 is 1.21 bits per heavy atom. The number of rotatable bonds is 8. The number of hydrogen-bond acceptors (Lipinski definition) is 4. The molecule has 1 aliphatic rings. The fraction of sp³-hybridized carbons (Fsp3) is 0.588. The van der Waals surface area contributed by atoms with Gasteiger partial charge in [0.05, 0.1) is 4.90 Å². The summed E-state index contributed by atoms with van der Waals surface area (Å²) in [6.07, 6.45) is 2.13. The van der Waals surface area contributed by atoms with E-state index in [1.54, 1.807) is 24.3 Å². The predicted octanol–water partition coefficient (Wildman–Crippen LogP) is 1.72. The van der Waals surface area contributed by atoms with Gasteiger partial charge in [-0.3, -0.25) is 0 Å². The highest BCUT2D eigenvalue weighted by Crippen LogP contribution is 2.18. The van der Waals surface area contributed by atoms with Gasteiger partial charge in [0.15, 0.2) is 9.84 Å². The summed E-state index contributed by atoms with van der Waals surface area (Å²) >= 11 is 0. The number of nitrogens with one attached hydrogen (secondary N) is 1. The van der Waals surface area contributed by atoms with Gasteiger partial charge in [-0.2, -0.15) is 0 Å². The number of benzene rings is 1. The van der Waals surface area contributed by atoms with Crippen molar-refractivity contribution in [2.75, 3.05) is 32.4 Å². The van der Waals surface area contributed by atoms with Crippen LogP contribution in [0.3, 0.4) is 0 Å². The Labute approximate surface area is 144 Å². The minimum Gasteiger partial charge on any atom is -0.320 e. The number of urea groups is 1. The lowest BCUT2D eigenvalue weighted by Gasteiger charge is -2.25. The van der Waals surface area contributed by atoms with Crippen LogP contribution in [0.15, 0.2) is 29.2 Å². The number of amides is 2. The summed E-state index contributed by atoms with van der Waals surface area (Å²) in [5.74, 6) is 0. The van der Waals surface area contributed by atoms with Gasteiger partial charge < -0.3 is 15.1 Å². The Balaban J connectivity index is 1.93. The Hall–Kier alpha value is -1.60. The second-order valence-corrected chi connectivity index (χ2v) is 8.32. The molecule has 6 nitrogen and oxygen atoms in total. The van der Waals surface area contributed by atoms with Crippen molar-refractivity contribution in [2.24, 2.45) is 0 Å². The second kappa shape index (κ2) is 7.98. The van der Waals surface area contributed by atoms with Crippen LogP contribution in [-0.2, 0) is 16.4 Å². The van der Waals surface area contributed by atoms with Gasteiger partial charge in [-0.25, -0.2) is 13.2 Å². The molecule has 1 atom stereocenters. The summed E-state index contributed by atoms with van der Waals surface area (Å²) in [4.78, 5) is 16.6. The van der Waals surface area contributed by atoms with Gasteiger partial charge in [-0.1, -0.05) is 19.1 Å². The van der Waals surface area contributed by atoms with Crippen LogP contribution in [0.2, 0.25) is 0 Å². The molecular weight excluding hydrogens is 326 g/mol. The van der Waals surface area contributed by atoms with E-state index >= 15 is 0 Å². The molecule has 0 spiro atoms. The van der Waals surface area contributed by atoms with Crippen LogP contribution in [0.4, 0.5) is 4.79 Å². The maximum atomic E-state index is 12.5. The third-order valence-corrected chi connectivity index (χ3v) is 5.50. The maximum Gasteiger partial charge on any atom is 0.320 e. The standard InChI is InChI=1S/C17H27N3O3S/c1-4-18-10-9-14(2)20-12-11-19(17(20)21)13-15-5-7-16(8-6-15)24(3,22)23/h5-8,14,18H,4,9-13H2,1-3H3. The van der Waals surface area contributed by atoms with Crippen molar-refractivity contribution in [1.29, 1.82) is 0 Å². The summed E-state index contributed by atoms with van der Waals surface area (Å²) in [6.45, 7) is 7.97. The first-order chi connectivity index (χ1) is 11.3. The van der Waals surface area contributed by atoms with Gasteiger partial charge in [-0.15, -0.1) is 0 Å². The lowest BCUT2D eigenvalue weighted by atomic mass is 10.2. The molecule has 7 heteroatoms. The van der Waals surface area contributed by atoms with Crippen LogP contribution in [0.5, 0.6) is 0 Å². The van der Waals surface area contributed by atoms with E-state index in [1.165, 1.54) is 6.26 Å². The first-order valence-electron chi connectivity index (χ1n) is 8.38. The highest BCUT2D eigenvalue weighted by atomic mass is 32.2. The smallest absolute Gasteiger partial charge is 0.320 e. The topological polar surface area (TPSA) is 69.7 Å². The van der Waals surface area contributed by atoms with Gasteiger partial charge in [0.1, 0.15) is 0 Å². The normalized spacial score (nSPS) is 16.7. The van der Waals surface area contributed by atoms with Crippen molar-refractivity contribution in [3.63, 3.8) is 0 Å². The fourth-order valence-electron chi connectivity index (χ4n) is 2.86. The molecule has 24 heavy (non-hydrogen) atoms. The van der Waals surface area contributed by atoms with E-state index in [0.717, 1.165) is 31.6 Å². The van der Waals surface area contributed by atoms with Crippen molar-refractivity contribution >= 4 is 15.9 Å². The zero-order valence-electron chi connectivity index (χ0n) is 14.7. The zero-order chi connectivity index (χ0) is 17.7. The molecular formula is C17H27N3O3S. The molecule has 1 unspecified atom stereocenters. The lowest BCUT2D eigenvalue weighted by Crippen LogP contribution is -2.39. The molecule has 0 radical (unpaired) electrons. The monoisotopic (exact) mass is 353 g/mol. The highest BCUT2D eigenvalue weighted by Gasteiger charge is 2.31. The summed E-state index contributed by atoms with van der Waals surface area (Å²) in [5, 5.41) is 3.29. The molecule has 1 N–H and O–H groups in total. The van der Waals surface area contributed by atoms with Crippen molar-refractivity contribution in [3.05, 3.63) is 29.8 Å². The largest absolute Gasteiger partial charge is 0.320 e. The number of sulfone groups is 1. The first-order valence-corrected chi connectivity index (χ1v) is 10.3. The highest BCUT2D eigenvalue weighted by molar-refractivity contribution is 7.90. The molecule has 0 bridgehead atoms. The van der Waals surface area contributed by atoms with E-state index in [2.05, 4.69) is 19.2 Å². The van der Waals surface area contributed by atoms with Crippen molar-refractivity contribution in [3.8, 4) is 0 Å². The van der Waals surface area contributed by atoms with E-state index in [-0.39, 0.29) is 12.1 Å². The van der Waals surface area contributed by atoms with Crippen molar-refractivity contribution in [2.45, 2.75) is 37.8 Å². The Morgan fingerprint density at radius 2 is 1.88 bits per heavy atom. The molecule has 2 amide bonds.